The van der Waals surface area contributed by atoms with Gasteiger partial charge in [-0.3, -0.25) is 4.79 Å². The van der Waals surface area contributed by atoms with Crippen molar-refractivity contribution in [3.8, 4) is 0 Å². The van der Waals surface area contributed by atoms with Gasteiger partial charge in [0.15, 0.2) is 0 Å². The predicted molar refractivity (Wildman–Crippen MR) is 79.3 cm³/mol. The molecule has 0 radical (unpaired) electrons. The van der Waals surface area contributed by atoms with Crippen LogP contribution in [0, 0.1) is 0 Å². The van der Waals surface area contributed by atoms with Crippen molar-refractivity contribution in [1.82, 2.24) is 9.47 Å². The Kier molecular flexibility index (Phi) is 3.41. The Labute approximate surface area is 122 Å². The van der Waals surface area contributed by atoms with Crippen LogP contribution < -0.4 is 0 Å². The number of nitrogens with zero attached hydrogens (tertiary/aromatic N) is 2. The number of benzene rings is 1. The van der Waals surface area contributed by atoms with E-state index in [0.29, 0.717) is 11.4 Å². The van der Waals surface area contributed by atoms with Gasteiger partial charge in [-0.2, -0.15) is 0 Å². The summed E-state index contributed by atoms with van der Waals surface area (Å²) in [7, 11) is 0. The van der Waals surface area contributed by atoms with Crippen molar-refractivity contribution in [1.29, 1.82) is 0 Å². The summed E-state index contributed by atoms with van der Waals surface area (Å²) in [6.07, 6.45) is 3.97. The van der Waals surface area contributed by atoms with E-state index in [1.165, 1.54) is 0 Å². The maximum atomic E-state index is 12.4. The number of carboxylic acids is 1. The Balaban J connectivity index is 1.89. The number of carbonyl (C=O) groups excluding carboxylic acids is 1. The molecule has 0 spiro atoms. The van der Waals surface area contributed by atoms with E-state index >= 15 is 0 Å². The van der Waals surface area contributed by atoms with Crippen LogP contribution in [-0.4, -0.2) is 39.0 Å². The Hall–Kier alpha value is -2.30. The minimum atomic E-state index is -0.946. The highest BCUT2D eigenvalue weighted by atomic mass is 16.4. The quantitative estimate of drug-likeness (QED) is 0.917. The molecular weight excluding hydrogens is 268 g/mol. The second kappa shape index (κ2) is 5.24. The van der Waals surface area contributed by atoms with Gasteiger partial charge in [0.05, 0.1) is 5.56 Å². The number of hydrogen-bond acceptors (Lipinski definition) is 2. The Morgan fingerprint density at radius 2 is 2.10 bits per heavy atom. The summed E-state index contributed by atoms with van der Waals surface area (Å²) in [6, 6.07) is 7.31. The standard InChI is InChI=1S/C16H18N2O3/c1-2-18(11-6-7-11)15(19)10-17-9-8-12-13(16(20)21)4-3-5-14(12)17/h3-5,8-9,11H,2,6-7,10H2,1H3,(H,20,21). The van der Waals surface area contributed by atoms with Gasteiger partial charge in [-0.05, 0) is 38.0 Å². The third kappa shape index (κ3) is 2.51. The maximum Gasteiger partial charge on any atom is 0.336 e. The molecule has 1 aliphatic carbocycles. The fraction of sp³-hybridized carbons (Fsp3) is 0.375. The van der Waals surface area contributed by atoms with Gasteiger partial charge in [0.2, 0.25) is 5.91 Å². The summed E-state index contributed by atoms with van der Waals surface area (Å²) in [6.45, 7) is 2.98. The number of aromatic nitrogens is 1. The molecule has 5 nitrogen and oxygen atoms in total. The predicted octanol–water partition coefficient (Wildman–Crippen LogP) is 2.35. The van der Waals surface area contributed by atoms with Crippen LogP contribution >= 0.6 is 0 Å². The molecule has 1 aliphatic rings. The van der Waals surface area contributed by atoms with E-state index in [4.69, 9.17) is 0 Å². The van der Waals surface area contributed by atoms with Gasteiger partial charge >= 0.3 is 5.97 Å². The summed E-state index contributed by atoms with van der Waals surface area (Å²) >= 11 is 0. The van der Waals surface area contributed by atoms with E-state index in [1.807, 2.05) is 22.5 Å². The number of fused-ring (bicyclic) bond motifs is 1. The molecule has 110 valence electrons. The van der Waals surface area contributed by atoms with Crippen LogP contribution in [-0.2, 0) is 11.3 Å². The summed E-state index contributed by atoms with van der Waals surface area (Å²) < 4.78 is 1.83. The van der Waals surface area contributed by atoms with E-state index < -0.39 is 5.97 Å². The van der Waals surface area contributed by atoms with Crippen LogP contribution in [0.25, 0.3) is 10.9 Å². The molecular formula is C16H18N2O3. The molecule has 1 aromatic carbocycles. The average Bonchev–Trinajstić information content (AvgIpc) is 3.21. The van der Waals surface area contributed by atoms with Crippen LogP contribution in [0.4, 0.5) is 0 Å². The second-order valence-corrected chi connectivity index (χ2v) is 5.40. The van der Waals surface area contributed by atoms with Crippen molar-refractivity contribution in [2.45, 2.75) is 32.4 Å². The van der Waals surface area contributed by atoms with Gasteiger partial charge in [0, 0.05) is 29.7 Å². The fourth-order valence-electron chi connectivity index (χ4n) is 2.81. The van der Waals surface area contributed by atoms with Crippen molar-refractivity contribution < 1.29 is 14.7 Å². The topological polar surface area (TPSA) is 62.5 Å². The monoisotopic (exact) mass is 286 g/mol. The normalized spacial score (nSPS) is 14.3. The van der Waals surface area contributed by atoms with Crippen LogP contribution in [0.1, 0.15) is 30.1 Å². The number of hydrogen-bond donors (Lipinski definition) is 1. The number of amides is 1. The molecule has 1 amide bonds. The molecule has 1 aromatic heterocycles. The fourth-order valence-corrected chi connectivity index (χ4v) is 2.81. The number of carboxylic acid groups (broad SMARTS) is 1. The van der Waals surface area contributed by atoms with E-state index in [2.05, 4.69) is 0 Å². The molecule has 1 heterocycles. The van der Waals surface area contributed by atoms with E-state index in [1.54, 1.807) is 24.4 Å². The third-order valence-corrected chi connectivity index (χ3v) is 4.00. The lowest BCUT2D eigenvalue weighted by molar-refractivity contribution is -0.132. The van der Waals surface area contributed by atoms with Gasteiger partial charge in [-0.15, -0.1) is 0 Å². The van der Waals surface area contributed by atoms with Gasteiger partial charge in [-0.25, -0.2) is 4.79 Å². The smallest absolute Gasteiger partial charge is 0.336 e. The first kappa shape index (κ1) is 13.7. The molecule has 5 heteroatoms. The zero-order valence-corrected chi connectivity index (χ0v) is 12.0. The minimum absolute atomic E-state index is 0.0956. The lowest BCUT2D eigenvalue weighted by Gasteiger charge is -2.20. The first-order valence-corrected chi connectivity index (χ1v) is 7.22. The summed E-state index contributed by atoms with van der Waals surface area (Å²) in [5, 5.41) is 9.87. The van der Waals surface area contributed by atoms with E-state index in [9.17, 15) is 14.7 Å². The first-order valence-electron chi connectivity index (χ1n) is 7.22. The van der Waals surface area contributed by atoms with Gasteiger partial charge < -0.3 is 14.6 Å². The largest absolute Gasteiger partial charge is 0.478 e. The molecule has 21 heavy (non-hydrogen) atoms. The molecule has 2 aromatic rings. The van der Waals surface area contributed by atoms with Crippen LogP contribution in [0.5, 0.6) is 0 Å². The number of aromatic carboxylic acids is 1. The van der Waals surface area contributed by atoms with Crippen molar-refractivity contribution in [3.63, 3.8) is 0 Å². The Bertz CT molecular complexity index is 701. The van der Waals surface area contributed by atoms with E-state index in [0.717, 1.165) is 24.9 Å². The minimum Gasteiger partial charge on any atom is -0.478 e. The third-order valence-electron chi connectivity index (χ3n) is 4.00. The average molecular weight is 286 g/mol. The van der Waals surface area contributed by atoms with Gasteiger partial charge in [-0.1, -0.05) is 6.07 Å². The summed E-state index contributed by atoms with van der Waals surface area (Å²) in [5.74, 6) is -0.851. The van der Waals surface area contributed by atoms with Crippen LogP contribution in [0.2, 0.25) is 0 Å². The molecule has 0 unspecified atom stereocenters. The highest BCUT2D eigenvalue weighted by Gasteiger charge is 2.31. The molecule has 0 aliphatic heterocycles. The SMILES string of the molecule is CCN(C(=O)Cn1ccc2c(C(=O)O)cccc21)C1CC1. The van der Waals surface area contributed by atoms with Crippen molar-refractivity contribution in [3.05, 3.63) is 36.0 Å². The number of likely N-dealkylation sites (N-methyl/N-ethyl adjacent to an activating group) is 1. The summed E-state index contributed by atoms with van der Waals surface area (Å²) in [4.78, 5) is 25.5. The zero-order chi connectivity index (χ0) is 15.0. The highest BCUT2D eigenvalue weighted by molar-refractivity contribution is 6.03. The zero-order valence-electron chi connectivity index (χ0n) is 12.0. The highest BCUT2D eigenvalue weighted by Crippen LogP contribution is 2.27. The Morgan fingerprint density at radius 1 is 1.33 bits per heavy atom. The molecule has 3 rings (SSSR count). The van der Waals surface area contributed by atoms with Crippen LogP contribution in [0.15, 0.2) is 30.5 Å². The maximum absolute atomic E-state index is 12.4. The number of carbonyl (C=O) groups is 2. The van der Waals surface area contributed by atoms with Crippen molar-refractivity contribution in [2.75, 3.05) is 6.54 Å². The van der Waals surface area contributed by atoms with Crippen molar-refractivity contribution in [2.24, 2.45) is 0 Å². The number of rotatable bonds is 5. The molecule has 1 fully saturated rings. The summed E-state index contributed by atoms with van der Waals surface area (Å²) in [5.41, 5.74) is 1.06. The molecule has 0 bridgehead atoms. The molecule has 0 atom stereocenters. The van der Waals surface area contributed by atoms with Gasteiger partial charge in [0.25, 0.3) is 0 Å². The molecule has 1 N–H and O–H groups in total. The van der Waals surface area contributed by atoms with Gasteiger partial charge in [0.1, 0.15) is 6.54 Å². The first-order chi connectivity index (χ1) is 10.1. The molecule has 1 saturated carbocycles. The van der Waals surface area contributed by atoms with Crippen molar-refractivity contribution >= 4 is 22.8 Å². The van der Waals surface area contributed by atoms with E-state index in [-0.39, 0.29) is 18.0 Å². The lowest BCUT2D eigenvalue weighted by Crippen LogP contribution is -2.35. The molecule has 0 saturated heterocycles. The van der Waals surface area contributed by atoms with Crippen LogP contribution in [0.3, 0.4) is 0 Å². The lowest BCUT2D eigenvalue weighted by atomic mass is 10.1. The Morgan fingerprint density at radius 3 is 2.71 bits per heavy atom. The second-order valence-electron chi connectivity index (χ2n) is 5.40.